The molecule has 0 saturated carbocycles. The lowest BCUT2D eigenvalue weighted by Crippen LogP contribution is -2.28. The molecule has 0 bridgehead atoms. The minimum atomic E-state index is -4.77. The number of methoxy groups -OCH3 is 1. The summed E-state index contributed by atoms with van der Waals surface area (Å²) in [7, 11) is 0.915. The van der Waals surface area contributed by atoms with E-state index < -0.39 is 23.6 Å². The van der Waals surface area contributed by atoms with Crippen molar-refractivity contribution in [3.63, 3.8) is 0 Å². The Labute approximate surface area is 113 Å². The van der Waals surface area contributed by atoms with Crippen LogP contribution in [0.2, 0.25) is 0 Å². The Morgan fingerprint density at radius 2 is 1.85 bits per heavy atom. The summed E-state index contributed by atoms with van der Waals surface area (Å²) in [5.41, 5.74) is -0.690. The lowest BCUT2D eigenvalue weighted by Gasteiger charge is -2.14. The summed E-state index contributed by atoms with van der Waals surface area (Å²) < 4.78 is 42.2. The van der Waals surface area contributed by atoms with Gasteiger partial charge in [0.15, 0.2) is 0 Å². The van der Waals surface area contributed by atoms with Crippen LogP contribution in [-0.4, -0.2) is 25.0 Å². The second kappa shape index (κ2) is 6.74. The van der Waals surface area contributed by atoms with Crippen molar-refractivity contribution >= 4 is 11.8 Å². The van der Waals surface area contributed by atoms with Gasteiger partial charge in [0.2, 0.25) is 0 Å². The number of hydrogen-bond acceptors (Lipinski definition) is 4. The molecule has 0 unspecified atom stereocenters. The molecule has 0 saturated heterocycles. The number of ketones is 1. The van der Waals surface area contributed by atoms with Crippen molar-refractivity contribution in [2.45, 2.75) is 12.7 Å². The van der Waals surface area contributed by atoms with Crippen LogP contribution in [0, 0.1) is 0 Å². The summed E-state index contributed by atoms with van der Waals surface area (Å²) in [5, 5.41) is 2.09. The van der Waals surface area contributed by atoms with Crippen LogP contribution in [0.4, 0.5) is 13.2 Å². The molecule has 7 heteroatoms. The third-order valence-electron chi connectivity index (χ3n) is 2.29. The van der Waals surface area contributed by atoms with Crippen LogP contribution < -0.4 is 5.32 Å². The van der Waals surface area contributed by atoms with E-state index in [-0.39, 0.29) is 12.6 Å². The highest BCUT2D eigenvalue weighted by atomic mass is 19.4. The van der Waals surface area contributed by atoms with Gasteiger partial charge in [-0.05, 0) is 5.56 Å². The lowest BCUT2D eigenvalue weighted by atomic mass is 10.2. The van der Waals surface area contributed by atoms with Gasteiger partial charge < -0.3 is 10.1 Å². The quantitative estimate of drug-likeness (QED) is 0.511. The Kier molecular flexibility index (Phi) is 5.31. The minimum Gasteiger partial charge on any atom is -0.463 e. The second-order valence-corrected chi connectivity index (χ2v) is 3.75. The highest BCUT2D eigenvalue weighted by Gasteiger charge is 2.35. The number of carbonyl (C=O) groups is 2. The Balaban J connectivity index is 2.83. The lowest BCUT2D eigenvalue weighted by molar-refractivity contribution is -0.149. The first-order valence-electron chi connectivity index (χ1n) is 5.53. The van der Waals surface area contributed by atoms with E-state index in [1.54, 1.807) is 30.3 Å². The fourth-order valence-corrected chi connectivity index (χ4v) is 1.32. The molecule has 1 rings (SSSR count). The van der Waals surface area contributed by atoms with Gasteiger partial charge in [-0.1, -0.05) is 30.3 Å². The predicted molar refractivity (Wildman–Crippen MR) is 64.4 cm³/mol. The number of benzene rings is 1. The zero-order chi connectivity index (χ0) is 15.2. The highest BCUT2D eigenvalue weighted by molar-refractivity contribution is 6.38. The number of alkyl halides is 3. The maximum Gasteiger partial charge on any atom is 0.431 e. The molecule has 0 heterocycles. The largest absolute Gasteiger partial charge is 0.463 e. The van der Waals surface area contributed by atoms with Crippen molar-refractivity contribution in [1.29, 1.82) is 0 Å². The van der Waals surface area contributed by atoms with Gasteiger partial charge >= 0.3 is 12.1 Å². The van der Waals surface area contributed by atoms with E-state index in [1.807, 2.05) is 0 Å². The van der Waals surface area contributed by atoms with Crippen LogP contribution in [0.15, 0.2) is 42.1 Å². The Morgan fingerprint density at radius 1 is 1.25 bits per heavy atom. The van der Waals surface area contributed by atoms with Gasteiger partial charge in [0.25, 0.3) is 5.78 Å². The molecule has 108 valence electrons. The van der Waals surface area contributed by atoms with Crippen LogP contribution in [0.3, 0.4) is 0 Å². The number of hydrogen-bond donors (Lipinski definition) is 1. The van der Waals surface area contributed by atoms with E-state index in [2.05, 4.69) is 10.1 Å². The third kappa shape index (κ3) is 4.75. The van der Waals surface area contributed by atoms with E-state index in [0.29, 0.717) is 5.56 Å². The molecule has 0 spiro atoms. The highest BCUT2D eigenvalue weighted by Crippen LogP contribution is 2.23. The number of allylic oxidation sites excluding steroid dienone is 1. The molecule has 0 aliphatic heterocycles. The summed E-state index contributed by atoms with van der Waals surface area (Å²) in [6.45, 7) is -0.124. The summed E-state index contributed by atoms with van der Waals surface area (Å²) >= 11 is 0. The topological polar surface area (TPSA) is 55.4 Å². The Hall–Kier alpha value is -2.31. The molecule has 0 aliphatic rings. The van der Waals surface area contributed by atoms with Crippen LogP contribution in [-0.2, 0) is 20.9 Å². The maximum atomic E-state index is 12.7. The molecule has 0 amide bonds. The minimum absolute atomic E-state index is 0.124. The zero-order valence-corrected chi connectivity index (χ0v) is 10.5. The standard InChI is InChI=1S/C13H12F3NO3/c1-20-12(19)10(18)7-11(13(14,15)16)17-8-9-5-3-2-4-6-9/h2-7,17H,8H2,1H3/b11-7+. The van der Waals surface area contributed by atoms with Gasteiger partial charge in [0.1, 0.15) is 5.70 Å². The van der Waals surface area contributed by atoms with E-state index in [0.717, 1.165) is 7.11 Å². The van der Waals surface area contributed by atoms with Crippen molar-refractivity contribution in [3.8, 4) is 0 Å². The van der Waals surface area contributed by atoms with Crippen molar-refractivity contribution in [2.75, 3.05) is 7.11 Å². The van der Waals surface area contributed by atoms with Gasteiger partial charge in [-0.15, -0.1) is 0 Å². The smallest absolute Gasteiger partial charge is 0.431 e. The van der Waals surface area contributed by atoms with E-state index in [9.17, 15) is 22.8 Å². The van der Waals surface area contributed by atoms with Crippen molar-refractivity contribution in [3.05, 3.63) is 47.7 Å². The van der Waals surface area contributed by atoms with Crippen molar-refractivity contribution in [2.24, 2.45) is 0 Å². The second-order valence-electron chi connectivity index (χ2n) is 3.75. The number of carbonyl (C=O) groups excluding carboxylic acids is 2. The average Bonchev–Trinajstić information content (AvgIpc) is 2.42. The predicted octanol–water partition coefficient (Wildman–Crippen LogP) is 1.96. The van der Waals surface area contributed by atoms with Gasteiger partial charge in [0.05, 0.1) is 7.11 Å². The van der Waals surface area contributed by atoms with Gasteiger partial charge in [-0.2, -0.15) is 13.2 Å². The first kappa shape index (κ1) is 15.7. The molecule has 0 aromatic heterocycles. The number of rotatable bonds is 5. The number of halogens is 3. The molecule has 20 heavy (non-hydrogen) atoms. The fraction of sp³-hybridized carbons (Fsp3) is 0.231. The monoisotopic (exact) mass is 287 g/mol. The van der Waals surface area contributed by atoms with E-state index >= 15 is 0 Å². The SMILES string of the molecule is COC(=O)C(=O)/C=C(/NCc1ccccc1)C(F)(F)F. The van der Waals surface area contributed by atoms with E-state index in [1.165, 1.54) is 0 Å². The number of ether oxygens (including phenoxy) is 1. The van der Waals surface area contributed by atoms with Crippen LogP contribution in [0.25, 0.3) is 0 Å². The summed E-state index contributed by atoms with van der Waals surface area (Å²) in [5.74, 6) is -2.73. The summed E-state index contributed by atoms with van der Waals surface area (Å²) in [6.07, 6.45) is -4.58. The third-order valence-corrected chi connectivity index (χ3v) is 2.29. The van der Waals surface area contributed by atoms with Gasteiger partial charge in [-0.25, -0.2) is 4.79 Å². The fourth-order valence-electron chi connectivity index (χ4n) is 1.32. The molecule has 0 fully saturated rings. The van der Waals surface area contributed by atoms with Gasteiger partial charge in [-0.3, -0.25) is 4.79 Å². The maximum absolute atomic E-state index is 12.7. The molecular weight excluding hydrogens is 275 g/mol. The van der Waals surface area contributed by atoms with Crippen molar-refractivity contribution in [1.82, 2.24) is 5.32 Å². The first-order chi connectivity index (χ1) is 9.34. The van der Waals surface area contributed by atoms with Crippen LogP contribution in [0.5, 0.6) is 0 Å². The normalized spacial score (nSPS) is 11.9. The number of esters is 1. The van der Waals surface area contributed by atoms with Gasteiger partial charge in [0, 0.05) is 12.6 Å². The molecule has 1 N–H and O–H groups in total. The molecule has 0 aliphatic carbocycles. The average molecular weight is 287 g/mol. The summed E-state index contributed by atoms with van der Waals surface area (Å²) in [4.78, 5) is 22.0. The summed E-state index contributed by atoms with van der Waals surface area (Å²) in [6, 6.07) is 8.33. The molecule has 4 nitrogen and oxygen atoms in total. The van der Waals surface area contributed by atoms with Crippen LogP contribution in [0.1, 0.15) is 5.56 Å². The zero-order valence-electron chi connectivity index (χ0n) is 10.5. The Bertz CT molecular complexity index is 509. The molecular formula is C13H12F3NO3. The van der Waals surface area contributed by atoms with Crippen LogP contribution >= 0.6 is 0 Å². The number of nitrogens with one attached hydrogen (secondary N) is 1. The van der Waals surface area contributed by atoms with E-state index in [4.69, 9.17) is 0 Å². The molecule has 1 aromatic carbocycles. The van der Waals surface area contributed by atoms with Crippen molar-refractivity contribution < 1.29 is 27.5 Å². The molecule has 0 radical (unpaired) electrons. The Morgan fingerprint density at radius 3 is 2.35 bits per heavy atom. The first-order valence-corrected chi connectivity index (χ1v) is 5.53. The molecule has 1 aromatic rings. The molecule has 0 atom stereocenters.